The van der Waals surface area contributed by atoms with E-state index in [1.807, 2.05) is 13.0 Å². The molecule has 3 N–H and O–H groups in total. The molecule has 2 aliphatic rings. The Labute approximate surface area is 215 Å². The van der Waals surface area contributed by atoms with E-state index < -0.39 is 23.4 Å². The third-order valence-corrected chi connectivity index (χ3v) is 8.50. The van der Waals surface area contributed by atoms with Gasteiger partial charge in [0.2, 0.25) is 5.95 Å². The summed E-state index contributed by atoms with van der Waals surface area (Å²) >= 11 is 1.41. The Bertz CT molecular complexity index is 1300. The highest BCUT2D eigenvalue weighted by Crippen LogP contribution is 2.55. The number of hydrogen-bond acceptors (Lipinski definition) is 7. The highest BCUT2D eigenvalue weighted by atomic mass is 32.1. The van der Waals surface area contributed by atoms with Crippen LogP contribution in [-0.4, -0.2) is 31.1 Å². The second-order valence-electron chi connectivity index (χ2n) is 9.99. The van der Waals surface area contributed by atoms with Gasteiger partial charge in [-0.15, -0.1) is 11.3 Å². The minimum absolute atomic E-state index is 0.0394. The third-order valence-electron chi connectivity index (χ3n) is 7.31. The van der Waals surface area contributed by atoms with Gasteiger partial charge in [-0.1, -0.05) is 6.07 Å². The molecule has 0 amide bonds. The molecular weight excluding hydrogens is 505 g/mol. The molecule has 2 aromatic heterocycles. The fraction of sp³-hybridized carbons (Fsp3) is 0.462. The zero-order chi connectivity index (χ0) is 26.4. The van der Waals surface area contributed by atoms with Gasteiger partial charge in [-0.05, 0) is 86.6 Å². The maximum Gasteiger partial charge on any atom is 0.433 e. The van der Waals surface area contributed by atoms with Crippen LogP contribution in [-0.2, 0) is 16.6 Å². The smallest absolute Gasteiger partial charge is 0.433 e. The summed E-state index contributed by atoms with van der Waals surface area (Å²) in [5.74, 6) is -1.21. The summed E-state index contributed by atoms with van der Waals surface area (Å²) < 4.78 is 39.1. The Kier molecular flexibility index (Phi) is 6.70. The van der Waals surface area contributed by atoms with Crippen molar-refractivity contribution in [3.8, 4) is 10.4 Å². The summed E-state index contributed by atoms with van der Waals surface area (Å²) in [6.45, 7) is 1.88. The number of halogens is 3. The monoisotopic (exact) mass is 532 g/mol. The van der Waals surface area contributed by atoms with Crippen LogP contribution < -0.4 is 5.32 Å². The van der Waals surface area contributed by atoms with Gasteiger partial charge in [-0.25, -0.2) is 15.0 Å². The minimum Gasteiger partial charge on any atom is -0.481 e. The van der Waals surface area contributed by atoms with Gasteiger partial charge in [-0.3, -0.25) is 4.79 Å². The summed E-state index contributed by atoms with van der Waals surface area (Å²) in [6, 6.07) is 6.35. The van der Waals surface area contributed by atoms with E-state index in [0.29, 0.717) is 36.4 Å². The lowest BCUT2D eigenvalue weighted by Crippen LogP contribution is -2.40. The van der Waals surface area contributed by atoms with Crippen molar-refractivity contribution in [3.63, 3.8) is 0 Å². The molecule has 0 saturated heterocycles. The maximum atomic E-state index is 13.0. The Morgan fingerprint density at radius 1 is 1.05 bits per heavy atom. The normalized spacial score (nSPS) is 21.9. The van der Waals surface area contributed by atoms with Crippen LogP contribution in [0.4, 0.5) is 24.8 Å². The van der Waals surface area contributed by atoms with E-state index >= 15 is 0 Å². The molecule has 3 aromatic rings. The summed E-state index contributed by atoms with van der Waals surface area (Å²) in [7, 11) is 0. The summed E-state index contributed by atoms with van der Waals surface area (Å²) in [4.78, 5) is 24.3. The highest BCUT2D eigenvalue weighted by Gasteiger charge is 2.53. The van der Waals surface area contributed by atoms with Crippen LogP contribution in [0, 0.1) is 24.7 Å². The number of carbonyl (C=O) groups is 1. The van der Waals surface area contributed by atoms with E-state index in [1.165, 1.54) is 11.3 Å². The first kappa shape index (κ1) is 25.6. The second kappa shape index (κ2) is 9.68. The van der Waals surface area contributed by atoms with Gasteiger partial charge in [0.25, 0.3) is 0 Å². The van der Waals surface area contributed by atoms with Crippen molar-refractivity contribution >= 4 is 28.9 Å². The number of hydrogen-bond donors (Lipinski definition) is 3. The van der Waals surface area contributed by atoms with E-state index in [2.05, 4.69) is 20.3 Å². The lowest BCUT2D eigenvalue weighted by Gasteiger charge is -2.38. The number of nitrogens with one attached hydrogen (secondary N) is 1. The van der Waals surface area contributed by atoms with E-state index in [0.717, 1.165) is 41.1 Å². The van der Waals surface area contributed by atoms with E-state index in [1.54, 1.807) is 18.3 Å². The van der Waals surface area contributed by atoms with Gasteiger partial charge in [0.1, 0.15) is 16.3 Å². The Hall–Kier alpha value is -3.05. The van der Waals surface area contributed by atoms with Crippen LogP contribution in [0.1, 0.15) is 54.8 Å². The number of carboxylic acids is 1. The number of aliphatic carboxylic acids is 1. The summed E-state index contributed by atoms with van der Waals surface area (Å²) in [6.07, 6.45) is 2.45. The molecule has 2 fully saturated rings. The van der Waals surface area contributed by atoms with E-state index in [9.17, 15) is 28.2 Å². The average molecular weight is 533 g/mol. The Morgan fingerprint density at radius 2 is 1.73 bits per heavy atom. The predicted octanol–water partition coefficient (Wildman–Crippen LogP) is 6.16. The molecule has 11 heteroatoms. The zero-order valence-electron chi connectivity index (χ0n) is 20.1. The standard InChI is InChI=1S/C26H27F3N4O3S/c1-14-10-16(12-19(11-14)32-24-30-9-8-21(33-24)26(27,28)29)20-13-31-23(37-20)25(36,18-6-7-18)17-4-2-15(3-5-17)22(34)35/h8-13,15,17-18,36H,2-7H2,1H3,(H,34,35)(H,30,32,33). The zero-order valence-corrected chi connectivity index (χ0v) is 20.9. The largest absolute Gasteiger partial charge is 0.481 e. The van der Waals surface area contributed by atoms with Crippen LogP contribution in [0.3, 0.4) is 0 Å². The van der Waals surface area contributed by atoms with Crippen molar-refractivity contribution in [2.75, 3.05) is 5.32 Å². The molecule has 1 aromatic carbocycles. The number of nitrogens with zero attached hydrogens (tertiary/aromatic N) is 3. The number of aromatic nitrogens is 3. The quantitative estimate of drug-likeness (QED) is 0.334. The first-order valence-electron chi connectivity index (χ1n) is 12.2. The third kappa shape index (κ3) is 5.33. The van der Waals surface area contributed by atoms with Crippen molar-refractivity contribution < 1.29 is 28.2 Å². The molecule has 1 unspecified atom stereocenters. The predicted molar refractivity (Wildman–Crippen MR) is 132 cm³/mol. The first-order valence-corrected chi connectivity index (χ1v) is 13.1. The topological polar surface area (TPSA) is 108 Å². The number of rotatable bonds is 7. The van der Waals surface area contributed by atoms with Gasteiger partial charge in [0, 0.05) is 18.1 Å². The molecule has 1 atom stereocenters. The van der Waals surface area contributed by atoms with Gasteiger partial charge in [0.15, 0.2) is 0 Å². The first-order chi connectivity index (χ1) is 17.5. The summed E-state index contributed by atoms with van der Waals surface area (Å²) in [5, 5.41) is 24.8. The van der Waals surface area contributed by atoms with Crippen LogP contribution >= 0.6 is 11.3 Å². The Balaban J connectivity index is 1.39. The van der Waals surface area contributed by atoms with Crippen LogP contribution in [0.25, 0.3) is 10.4 Å². The molecule has 0 aliphatic heterocycles. The number of aliphatic hydroxyl groups is 1. The maximum absolute atomic E-state index is 13.0. The Morgan fingerprint density at radius 3 is 2.35 bits per heavy atom. The SMILES string of the molecule is Cc1cc(Nc2nccc(C(F)(F)F)n2)cc(-c2cnc(C(O)(C3CCC(C(=O)O)CC3)C3CC3)s2)c1. The number of benzene rings is 1. The second-order valence-corrected chi connectivity index (χ2v) is 11.0. The molecule has 2 heterocycles. The van der Waals surface area contributed by atoms with Crippen molar-refractivity contribution in [3.05, 3.63) is 52.9 Å². The minimum atomic E-state index is -4.57. The number of carboxylic acid groups (broad SMARTS) is 1. The number of anilines is 2. The van der Waals surface area contributed by atoms with E-state index in [4.69, 9.17) is 0 Å². The fourth-order valence-corrected chi connectivity index (χ4v) is 6.43. The highest BCUT2D eigenvalue weighted by molar-refractivity contribution is 7.15. The van der Waals surface area contributed by atoms with Gasteiger partial charge in [-0.2, -0.15) is 13.2 Å². The molecule has 0 radical (unpaired) electrons. The molecule has 37 heavy (non-hydrogen) atoms. The number of thiazole rings is 1. The lowest BCUT2D eigenvalue weighted by molar-refractivity contribution is -0.145. The van der Waals surface area contributed by atoms with Crippen molar-refractivity contribution in [1.29, 1.82) is 0 Å². The van der Waals surface area contributed by atoms with Crippen molar-refractivity contribution in [2.24, 2.45) is 17.8 Å². The van der Waals surface area contributed by atoms with E-state index in [-0.39, 0.29) is 23.7 Å². The summed E-state index contributed by atoms with van der Waals surface area (Å²) in [5.41, 5.74) is 0.121. The van der Waals surface area contributed by atoms with Crippen LogP contribution in [0.5, 0.6) is 0 Å². The molecule has 2 saturated carbocycles. The molecule has 2 aliphatic carbocycles. The lowest BCUT2D eigenvalue weighted by atomic mass is 9.71. The number of aryl methyl sites for hydroxylation is 1. The molecule has 7 nitrogen and oxygen atoms in total. The van der Waals surface area contributed by atoms with Gasteiger partial charge in [0.05, 0.1) is 10.8 Å². The van der Waals surface area contributed by atoms with Crippen molar-refractivity contribution in [2.45, 2.75) is 57.2 Å². The molecule has 0 spiro atoms. The molecule has 0 bridgehead atoms. The molecular formula is C26H27F3N4O3S. The molecule has 5 rings (SSSR count). The molecule has 196 valence electrons. The van der Waals surface area contributed by atoms with Gasteiger partial charge < -0.3 is 15.5 Å². The van der Waals surface area contributed by atoms with Crippen LogP contribution in [0.2, 0.25) is 0 Å². The van der Waals surface area contributed by atoms with Crippen LogP contribution in [0.15, 0.2) is 36.7 Å². The number of alkyl halides is 3. The fourth-order valence-electron chi connectivity index (χ4n) is 5.28. The van der Waals surface area contributed by atoms with Crippen molar-refractivity contribution in [1.82, 2.24) is 15.0 Å². The van der Waals surface area contributed by atoms with Gasteiger partial charge >= 0.3 is 12.1 Å². The average Bonchev–Trinajstić information content (AvgIpc) is 3.59.